The molecular formula is C13H12FNO3S. The molecule has 3 N–H and O–H groups in total. The quantitative estimate of drug-likeness (QED) is 0.749. The van der Waals surface area contributed by atoms with Crippen molar-refractivity contribution >= 4 is 11.8 Å². The van der Waals surface area contributed by atoms with Crippen LogP contribution in [0.2, 0.25) is 0 Å². The standard InChI is InChI=1S/C13H12FNO3S/c14-9-1-2-13(8(3-9)6-16)19-7-10-4-11(17)12(18)5-15-10/h1-5,16,18H,6-7H2,(H,15,17). The number of halogens is 1. The first-order valence-corrected chi connectivity index (χ1v) is 6.51. The molecule has 0 radical (unpaired) electrons. The highest BCUT2D eigenvalue weighted by Gasteiger charge is 2.06. The predicted octanol–water partition coefficient (Wildman–Crippen LogP) is 2.00. The Balaban J connectivity index is 2.14. The molecule has 0 spiro atoms. The number of aromatic amines is 1. The summed E-state index contributed by atoms with van der Waals surface area (Å²) in [5, 5.41) is 18.3. The largest absolute Gasteiger partial charge is 0.503 e. The lowest BCUT2D eigenvalue weighted by atomic mass is 10.2. The molecule has 0 aliphatic heterocycles. The van der Waals surface area contributed by atoms with Crippen LogP contribution in [-0.4, -0.2) is 15.2 Å². The molecule has 0 fully saturated rings. The molecule has 100 valence electrons. The molecule has 0 amide bonds. The van der Waals surface area contributed by atoms with Crippen LogP contribution in [0.5, 0.6) is 5.75 Å². The number of pyridine rings is 1. The van der Waals surface area contributed by atoms with Crippen molar-refractivity contribution in [3.63, 3.8) is 0 Å². The van der Waals surface area contributed by atoms with Crippen LogP contribution in [-0.2, 0) is 12.4 Å². The average molecular weight is 281 g/mol. The lowest BCUT2D eigenvalue weighted by Crippen LogP contribution is -2.02. The van der Waals surface area contributed by atoms with Crippen molar-refractivity contribution in [1.29, 1.82) is 0 Å². The lowest BCUT2D eigenvalue weighted by molar-refractivity contribution is 0.278. The molecule has 4 nitrogen and oxygen atoms in total. The summed E-state index contributed by atoms with van der Waals surface area (Å²) in [7, 11) is 0. The number of hydrogen-bond acceptors (Lipinski definition) is 4. The number of nitrogens with one attached hydrogen (secondary N) is 1. The van der Waals surface area contributed by atoms with Crippen LogP contribution in [0.25, 0.3) is 0 Å². The minimum atomic E-state index is -0.448. The van der Waals surface area contributed by atoms with Gasteiger partial charge >= 0.3 is 0 Å². The molecule has 0 aliphatic rings. The van der Waals surface area contributed by atoms with Crippen molar-refractivity contribution in [3.8, 4) is 5.75 Å². The Bertz CT molecular complexity index is 642. The first-order chi connectivity index (χ1) is 9.10. The first-order valence-electron chi connectivity index (χ1n) is 5.53. The van der Waals surface area contributed by atoms with Gasteiger partial charge in [0.1, 0.15) is 5.82 Å². The topological polar surface area (TPSA) is 73.3 Å². The highest BCUT2D eigenvalue weighted by molar-refractivity contribution is 7.98. The molecular weight excluding hydrogens is 269 g/mol. The molecule has 0 bridgehead atoms. The lowest BCUT2D eigenvalue weighted by Gasteiger charge is -2.07. The molecule has 0 atom stereocenters. The number of aliphatic hydroxyl groups excluding tert-OH is 1. The van der Waals surface area contributed by atoms with Crippen molar-refractivity contribution in [2.75, 3.05) is 0 Å². The van der Waals surface area contributed by atoms with Crippen molar-refractivity contribution in [2.24, 2.45) is 0 Å². The predicted molar refractivity (Wildman–Crippen MR) is 70.6 cm³/mol. The third kappa shape index (κ3) is 3.36. The van der Waals surface area contributed by atoms with Gasteiger partial charge in [0, 0.05) is 28.6 Å². The van der Waals surface area contributed by atoms with E-state index in [1.807, 2.05) is 0 Å². The molecule has 2 rings (SSSR count). The van der Waals surface area contributed by atoms with Gasteiger partial charge in [0.2, 0.25) is 5.43 Å². The van der Waals surface area contributed by atoms with Gasteiger partial charge in [0.05, 0.1) is 6.61 Å². The average Bonchev–Trinajstić information content (AvgIpc) is 2.41. The Labute approximate surface area is 112 Å². The summed E-state index contributed by atoms with van der Waals surface area (Å²) in [5.41, 5.74) is 0.697. The third-order valence-corrected chi connectivity index (χ3v) is 3.69. The minimum absolute atomic E-state index is 0.244. The summed E-state index contributed by atoms with van der Waals surface area (Å²) in [6.07, 6.45) is 1.23. The second-order valence-corrected chi connectivity index (χ2v) is 4.92. The number of aromatic hydroxyl groups is 1. The highest BCUT2D eigenvalue weighted by Crippen LogP contribution is 2.26. The van der Waals surface area contributed by atoms with Crippen LogP contribution in [0.15, 0.2) is 40.2 Å². The van der Waals surface area contributed by atoms with E-state index < -0.39 is 11.2 Å². The second-order valence-electron chi connectivity index (χ2n) is 3.91. The molecule has 1 aromatic carbocycles. The smallest absolute Gasteiger partial charge is 0.223 e. The SMILES string of the molecule is O=c1cc(CSc2ccc(F)cc2CO)[nH]cc1O. The number of hydrogen-bond donors (Lipinski definition) is 3. The number of aliphatic hydroxyl groups is 1. The molecule has 0 aliphatic carbocycles. The highest BCUT2D eigenvalue weighted by atomic mass is 32.2. The van der Waals surface area contributed by atoms with Crippen molar-refractivity contribution < 1.29 is 14.6 Å². The molecule has 6 heteroatoms. The number of aromatic nitrogens is 1. The van der Waals surface area contributed by atoms with Gasteiger partial charge in [-0.25, -0.2) is 4.39 Å². The summed E-state index contributed by atoms with van der Waals surface area (Å²) in [4.78, 5) is 14.8. The van der Waals surface area contributed by atoms with Crippen molar-refractivity contribution in [2.45, 2.75) is 17.3 Å². The van der Waals surface area contributed by atoms with E-state index in [1.54, 1.807) is 6.07 Å². The van der Waals surface area contributed by atoms with E-state index in [2.05, 4.69) is 4.98 Å². The van der Waals surface area contributed by atoms with E-state index in [1.165, 1.54) is 36.2 Å². The van der Waals surface area contributed by atoms with Gasteiger partial charge in [0.15, 0.2) is 5.75 Å². The van der Waals surface area contributed by atoms with E-state index in [-0.39, 0.29) is 12.4 Å². The minimum Gasteiger partial charge on any atom is -0.503 e. The fourth-order valence-electron chi connectivity index (χ4n) is 1.56. The van der Waals surface area contributed by atoms with Gasteiger partial charge in [-0.2, -0.15) is 0 Å². The van der Waals surface area contributed by atoms with E-state index in [0.717, 1.165) is 4.90 Å². The van der Waals surface area contributed by atoms with Crippen molar-refractivity contribution in [3.05, 3.63) is 57.8 Å². The van der Waals surface area contributed by atoms with Crippen LogP contribution in [0.4, 0.5) is 4.39 Å². The maximum Gasteiger partial charge on any atom is 0.223 e. The number of thioether (sulfide) groups is 1. The second kappa shape index (κ2) is 5.90. The van der Waals surface area contributed by atoms with Gasteiger partial charge in [-0.05, 0) is 23.8 Å². The van der Waals surface area contributed by atoms with Gasteiger partial charge in [-0.15, -0.1) is 11.8 Å². The van der Waals surface area contributed by atoms with Gasteiger partial charge in [-0.3, -0.25) is 4.79 Å². The molecule has 19 heavy (non-hydrogen) atoms. The van der Waals surface area contributed by atoms with Crippen LogP contribution in [0.1, 0.15) is 11.3 Å². The maximum atomic E-state index is 13.0. The maximum absolute atomic E-state index is 13.0. The normalized spacial score (nSPS) is 10.6. The summed E-state index contributed by atoms with van der Waals surface area (Å²) in [6.45, 7) is -0.244. The zero-order valence-corrected chi connectivity index (χ0v) is 10.7. The Hall–Kier alpha value is -1.79. The molecule has 0 saturated carbocycles. The molecule has 1 heterocycles. The third-order valence-electron chi connectivity index (χ3n) is 2.53. The molecule has 0 saturated heterocycles. The van der Waals surface area contributed by atoms with Crippen LogP contribution in [0.3, 0.4) is 0 Å². The fraction of sp³-hybridized carbons (Fsp3) is 0.154. The zero-order valence-electron chi connectivity index (χ0n) is 9.89. The Kier molecular flexibility index (Phi) is 4.24. The number of benzene rings is 1. The molecule has 0 unspecified atom stereocenters. The van der Waals surface area contributed by atoms with Crippen LogP contribution >= 0.6 is 11.8 Å². The summed E-state index contributed by atoms with van der Waals surface area (Å²) in [5.74, 6) is -0.272. The van der Waals surface area contributed by atoms with E-state index in [9.17, 15) is 9.18 Å². The molecule has 1 aromatic heterocycles. The monoisotopic (exact) mass is 281 g/mol. The van der Waals surface area contributed by atoms with Crippen molar-refractivity contribution in [1.82, 2.24) is 4.98 Å². The Morgan fingerprint density at radius 1 is 1.32 bits per heavy atom. The summed E-state index contributed by atoms with van der Waals surface area (Å²) >= 11 is 1.37. The summed E-state index contributed by atoms with van der Waals surface area (Å²) in [6, 6.07) is 5.50. The van der Waals surface area contributed by atoms with Gasteiger partial charge < -0.3 is 15.2 Å². The van der Waals surface area contributed by atoms with Gasteiger partial charge in [0.25, 0.3) is 0 Å². The fourth-order valence-corrected chi connectivity index (χ4v) is 2.51. The number of H-pyrrole nitrogens is 1. The van der Waals surface area contributed by atoms with E-state index >= 15 is 0 Å². The summed E-state index contributed by atoms with van der Waals surface area (Å²) < 4.78 is 13.0. The van der Waals surface area contributed by atoms with Gasteiger partial charge in [-0.1, -0.05) is 0 Å². The van der Waals surface area contributed by atoms with Crippen LogP contribution in [0, 0.1) is 5.82 Å². The van der Waals surface area contributed by atoms with E-state index in [4.69, 9.17) is 10.2 Å². The molecule has 2 aromatic rings. The number of rotatable bonds is 4. The Morgan fingerprint density at radius 3 is 2.79 bits per heavy atom. The van der Waals surface area contributed by atoms with Crippen LogP contribution < -0.4 is 5.43 Å². The van der Waals surface area contributed by atoms with E-state index in [0.29, 0.717) is 17.0 Å². The first kappa shape index (κ1) is 13.6. The zero-order chi connectivity index (χ0) is 13.8. The Morgan fingerprint density at radius 2 is 2.11 bits per heavy atom.